The first kappa shape index (κ1) is 16.5. The van der Waals surface area contributed by atoms with E-state index in [0.717, 1.165) is 5.69 Å². The van der Waals surface area contributed by atoms with Gasteiger partial charge in [-0.1, -0.05) is 24.3 Å². The smallest absolute Gasteiger partial charge is 0.319 e. The Hall–Kier alpha value is -2.89. The van der Waals surface area contributed by atoms with Crippen LogP contribution in [0.3, 0.4) is 0 Å². The molecule has 0 aliphatic heterocycles. The molecule has 2 aromatic rings. The zero-order valence-corrected chi connectivity index (χ0v) is 13.2. The zero-order chi connectivity index (χ0) is 16.5. The first-order valence-corrected chi connectivity index (χ1v) is 7.18. The Morgan fingerprint density at radius 3 is 2.39 bits per heavy atom. The third-order valence-electron chi connectivity index (χ3n) is 3.04. The topological polar surface area (TPSA) is 68.8 Å². The van der Waals surface area contributed by atoms with E-state index < -0.39 is 0 Å². The van der Waals surface area contributed by atoms with Crippen LogP contribution in [0, 0.1) is 0 Å². The number of amides is 2. The molecular weight excluding hydrogens is 296 g/mol. The number of nitrogens with one attached hydrogen (secondary N) is 2. The summed E-state index contributed by atoms with van der Waals surface area (Å²) < 4.78 is 16.1. The summed E-state index contributed by atoms with van der Waals surface area (Å²) in [6, 6.07) is 14.3. The van der Waals surface area contributed by atoms with Crippen LogP contribution in [0.5, 0.6) is 17.2 Å². The van der Waals surface area contributed by atoms with Gasteiger partial charge in [0, 0.05) is 5.69 Å². The maximum Gasteiger partial charge on any atom is 0.319 e. The standard InChI is InChI=1S/C17H20N2O4/c1-21-14-9-6-10-15(16(14)22-2)23-12-11-18-17(20)19-13-7-4-3-5-8-13/h3-10H,11-12H2,1-2H3,(H2,18,19,20). The number of hydrogen-bond acceptors (Lipinski definition) is 4. The Bertz CT molecular complexity index is 632. The van der Waals surface area contributed by atoms with E-state index in [0.29, 0.717) is 30.4 Å². The average Bonchev–Trinajstić information content (AvgIpc) is 2.59. The van der Waals surface area contributed by atoms with Crippen molar-refractivity contribution in [2.24, 2.45) is 0 Å². The summed E-state index contributed by atoms with van der Waals surface area (Å²) in [5, 5.41) is 5.45. The SMILES string of the molecule is COc1cccc(OCCNC(=O)Nc2ccccc2)c1OC. The van der Waals surface area contributed by atoms with Crippen LogP contribution in [0.1, 0.15) is 0 Å². The van der Waals surface area contributed by atoms with Gasteiger partial charge in [-0.3, -0.25) is 0 Å². The van der Waals surface area contributed by atoms with Crippen LogP contribution in [0.15, 0.2) is 48.5 Å². The lowest BCUT2D eigenvalue weighted by Gasteiger charge is -2.14. The van der Waals surface area contributed by atoms with E-state index in [1.165, 1.54) is 0 Å². The van der Waals surface area contributed by atoms with Crippen molar-refractivity contribution >= 4 is 11.7 Å². The molecule has 0 heterocycles. The molecule has 0 aliphatic rings. The van der Waals surface area contributed by atoms with Crippen LogP contribution >= 0.6 is 0 Å². The highest BCUT2D eigenvalue weighted by atomic mass is 16.5. The second-order valence-electron chi connectivity index (χ2n) is 4.59. The Balaban J connectivity index is 1.78. The minimum absolute atomic E-state index is 0.280. The summed E-state index contributed by atoms with van der Waals surface area (Å²) in [6.07, 6.45) is 0. The summed E-state index contributed by atoms with van der Waals surface area (Å²) >= 11 is 0. The molecule has 0 saturated heterocycles. The molecule has 2 N–H and O–H groups in total. The second-order valence-corrected chi connectivity index (χ2v) is 4.59. The lowest BCUT2D eigenvalue weighted by molar-refractivity contribution is 0.245. The predicted molar refractivity (Wildman–Crippen MR) is 88.5 cm³/mol. The van der Waals surface area contributed by atoms with Crippen molar-refractivity contribution in [2.75, 3.05) is 32.7 Å². The van der Waals surface area contributed by atoms with Gasteiger partial charge in [-0.25, -0.2) is 4.79 Å². The van der Waals surface area contributed by atoms with E-state index in [-0.39, 0.29) is 6.03 Å². The predicted octanol–water partition coefficient (Wildman–Crippen LogP) is 2.90. The van der Waals surface area contributed by atoms with Gasteiger partial charge in [0.05, 0.1) is 20.8 Å². The molecule has 0 saturated carbocycles. The molecule has 0 aliphatic carbocycles. The van der Waals surface area contributed by atoms with E-state index in [1.54, 1.807) is 26.4 Å². The van der Waals surface area contributed by atoms with Gasteiger partial charge < -0.3 is 24.8 Å². The minimum Gasteiger partial charge on any atom is -0.493 e. The number of para-hydroxylation sites is 2. The molecule has 23 heavy (non-hydrogen) atoms. The Kier molecular flexibility index (Phi) is 6.11. The largest absolute Gasteiger partial charge is 0.493 e. The van der Waals surface area contributed by atoms with Crippen molar-refractivity contribution in [3.63, 3.8) is 0 Å². The van der Waals surface area contributed by atoms with Gasteiger partial charge in [-0.2, -0.15) is 0 Å². The van der Waals surface area contributed by atoms with E-state index in [2.05, 4.69) is 10.6 Å². The number of carbonyl (C=O) groups is 1. The molecule has 0 unspecified atom stereocenters. The fourth-order valence-corrected chi connectivity index (χ4v) is 1.99. The first-order chi connectivity index (χ1) is 11.2. The molecule has 0 atom stereocenters. The highest BCUT2D eigenvalue weighted by Crippen LogP contribution is 2.36. The number of hydrogen-bond donors (Lipinski definition) is 2. The molecule has 2 amide bonds. The molecule has 0 fully saturated rings. The number of benzene rings is 2. The van der Waals surface area contributed by atoms with Gasteiger partial charge >= 0.3 is 6.03 Å². The summed E-state index contributed by atoms with van der Waals surface area (Å²) in [4.78, 5) is 11.7. The first-order valence-electron chi connectivity index (χ1n) is 7.18. The quantitative estimate of drug-likeness (QED) is 0.771. The molecule has 0 bridgehead atoms. The molecule has 2 aromatic carbocycles. The van der Waals surface area contributed by atoms with Gasteiger partial charge in [-0.05, 0) is 24.3 Å². The highest BCUT2D eigenvalue weighted by molar-refractivity contribution is 5.89. The van der Waals surface area contributed by atoms with E-state index in [4.69, 9.17) is 14.2 Å². The van der Waals surface area contributed by atoms with Crippen molar-refractivity contribution < 1.29 is 19.0 Å². The Morgan fingerprint density at radius 1 is 0.957 bits per heavy atom. The molecule has 0 radical (unpaired) electrons. The second kappa shape index (κ2) is 8.53. The fraction of sp³-hybridized carbons (Fsp3) is 0.235. The summed E-state index contributed by atoms with van der Waals surface area (Å²) in [7, 11) is 3.12. The monoisotopic (exact) mass is 316 g/mol. The van der Waals surface area contributed by atoms with E-state index >= 15 is 0 Å². The molecule has 6 heteroatoms. The van der Waals surface area contributed by atoms with Gasteiger partial charge in [0.1, 0.15) is 6.61 Å². The van der Waals surface area contributed by atoms with Crippen LogP contribution in [-0.4, -0.2) is 33.4 Å². The van der Waals surface area contributed by atoms with Gasteiger partial charge in [0.15, 0.2) is 11.5 Å². The molecule has 0 aromatic heterocycles. The third-order valence-corrected chi connectivity index (χ3v) is 3.04. The molecule has 0 spiro atoms. The van der Waals surface area contributed by atoms with Crippen LogP contribution in [-0.2, 0) is 0 Å². The molecule has 122 valence electrons. The third kappa shape index (κ3) is 4.81. The zero-order valence-electron chi connectivity index (χ0n) is 13.2. The van der Waals surface area contributed by atoms with Crippen molar-refractivity contribution in [1.29, 1.82) is 0 Å². The number of rotatable bonds is 7. The number of carbonyl (C=O) groups excluding carboxylic acids is 1. The van der Waals surface area contributed by atoms with Crippen molar-refractivity contribution in [3.05, 3.63) is 48.5 Å². The van der Waals surface area contributed by atoms with E-state index in [1.807, 2.05) is 36.4 Å². The van der Waals surface area contributed by atoms with Gasteiger partial charge in [0.25, 0.3) is 0 Å². The lowest BCUT2D eigenvalue weighted by atomic mass is 10.3. The van der Waals surface area contributed by atoms with Gasteiger partial charge in [-0.15, -0.1) is 0 Å². The summed E-state index contributed by atoms with van der Waals surface area (Å²) in [6.45, 7) is 0.671. The molecule has 6 nitrogen and oxygen atoms in total. The minimum atomic E-state index is -0.280. The maximum absolute atomic E-state index is 11.7. The normalized spacial score (nSPS) is 9.83. The van der Waals surface area contributed by atoms with Crippen molar-refractivity contribution in [3.8, 4) is 17.2 Å². The number of urea groups is 1. The van der Waals surface area contributed by atoms with Crippen molar-refractivity contribution in [2.45, 2.75) is 0 Å². The maximum atomic E-state index is 11.7. The van der Waals surface area contributed by atoms with Crippen LogP contribution in [0.25, 0.3) is 0 Å². The Morgan fingerprint density at radius 2 is 1.70 bits per heavy atom. The molecular formula is C17H20N2O4. The van der Waals surface area contributed by atoms with Crippen LogP contribution in [0.2, 0.25) is 0 Å². The summed E-state index contributed by atoms with van der Waals surface area (Å²) in [5.41, 5.74) is 0.736. The fourth-order valence-electron chi connectivity index (χ4n) is 1.99. The van der Waals surface area contributed by atoms with E-state index in [9.17, 15) is 4.79 Å². The number of ether oxygens (including phenoxy) is 3. The molecule has 2 rings (SSSR count). The average molecular weight is 316 g/mol. The number of methoxy groups -OCH3 is 2. The van der Waals surface area contributed by atoms with Gasteiger partial charge in [0.2, 0.25) is 5.75 Å². The van der Waals surface area contributed by atoms with Crippen LogP contribution < -0.4 is 24.8 Å². The van der Waals surface area contributed by atoms with Crippen LogP contribution in [0.4, 0.5) is 10.5 Å². The number of anilines is 1. The lowest BCUT2D eigenvalue weighted by Crippen LogP contribution is -2.32. The Labute approximate surface area is 135 Å². The highest BCUT2D eigenvalue weighted by Gasteiger charge is 2.10. The summed E-state index contributed by atoms with van der Waals surface area (Å²) in [5.74, 6) is 1.70. The van der Waals surface area contributed by atoms with Crippen molar-refractivity contribution in [1.82, 2.24) is 5.32 Å².